The molecular formula is C27H36N2O8S. The smallest absolute Gasteiger partial charge is 0.176 e. The second-order valence-electron chi connectivity index (χ2n) is 9.42. The lowest BCUT2D eigenvalue weighted by Crippen LogP contribution is -2.52. The van der Waals surface area contributed by atoms with E-state index in [9.17, 15) is 18.0 Å². The fourth-order valence-electron chi connectivity index (χ4n) is 4.58. The van der Waals surface area contributed by atoms with Gasteiger partial charge in [0.25, 0.3) is 0 Å². The minimum atomic E-state index is -3.20. The van der Waals surface area contributed by atoms with Crippen LogP contribution in [0.5, 0.6) is 23.0 Å². The molecule has 0 bridgehead atoms. The number of ether oxygens (including phenoxy) is 4. The van der Waals surface area contributed by atoms with E-state index in [4.69, 9.17) is 18.9 Å². The number of hydrogen-bond donors (Lipinski definition) is 1. The van der Waals surface area contributed by atoms with Gasteiger partial charge in [0.1, 0.15) is 0 Å². The molecule has 1 aliphatic heterocycles. The topological polar surface area (TPSA) is 120 Å². The number of nitrogens with zero attached hydrogens (tertiary/aromatic N) is 1. The van der Waals surface area contributed by atoms with E-state index >= 15 is 0 Å². The van der Waals surface area contributed by atoms with Gasteiger partial charge >= 0.3 is 0 Å². The van der Waals surface area contributed by atoms with Crippen LogP contribution in [0.2, 0.25) is 0 Å². The molecule has 3 rings (SSSR count). The normalized spacial score (nSPS) is 18.3. The molecule has 0 saturated carbocycles. The number of ketones is 2. The Balaban J connectivity index is 1.68. The summed E-state index contributed by atoms with van der Waals surface area (Å²) < 4.78 is 45.7. The summed E-state index contributed by atoms with van der Waals surface area (Å²) in [6, 6.07) is 9.92. The SMILES string of the molecule is COc1ccc(C(=O)CNCCN(CC(=O)c2ccc(OC)c(OC)c2)[C@@]2(C)CCS(=O)(=O)C2)cc1OC. The van der Waals surface area contributed by atoms with Crippen LogP contribution in [-0.2, 0) is 9.84 Å². The van der Waals surface area contributed by atoms with Crippen LogP contribution in [0.3, 0.4) is 0 Å². The molecule has 0 amide bonds. The fourth-order valence-corrected chi connectivity index (χ4v) is 6.75. The Hall–Kier alpha value is -3.15. The zero-order chi connectivity index (χ0) is 27.9. The average molecular weight is 549 g/mol. The molecule has 0 spiro atoms. The molecule has 11 heteroatoms. The summed E-state index contributed by atoms with van der Waals surface area (Å²) in [4.78, 5) is 27.8. The van der Waals surface area contributed by atoms with Crippen molar-refractivity contribution in [3.63, 3.8) is 0 Å². The van der Waals surface area contributed by atoms with Gasteiger partial charge in [-0.05, 0) is 49.7 Å². The van der Waals surface area contributed by atoms with Gasteiger partial charge in [0, 0.05) is 29.8 Å². The molecule has 0 aromatic heterocycles. The van der Waals surface area contributed by atoms with Crippen molar-refractivity contribution < 1.29 is 37.0 Å². The maximum absolute atomic E-state index is 13.2. The lowest BCUT2D eigenvalue weighted by Gasteiger charge is -2.37. The largest absolute Gasteiger partial charge is 0.493 e. The van der Waals surface area contributed by atoms with Crippen LogP contribution >= 0.6 is 0 Å². The van der Waals surface area contributed by atoms with Crippen molar-refractivity contribution in [2.75, 3.05) is 66.1 Å². The first-order valence-corrected chi connectivity index (χ1v) is 14.0. The predicted molar refractivity (Wildman–Crippen MR) is 144 cm³/mol. The zero-order valence-corrected chi connectivity index (χ0v) is 23.4. The lowest BCUT2D eigenvalue weighted by atomic mass is 9.97. The molecule has 38 heavy (non-hydrogen) atoms. The average Bonchev–Trinajstić information content (AvgIpc) is 3.22. The summed E-state index contributed by atoms with van der Waals surface area (Å²) in [5.74, 6) is 1.71. The number of hydrogen-bond acceptors (Lipinski definition) is 10. The van der Waals surface area contributed by atoms with Crippen molar-refractivity contribution in [3.8, 4) is 23.0 Å². The third-order valence-corrected chi connectivity index (χ3v) is 8.72. The monoisotopic (exact) mass is 548 g/mol. The number of carbonyl (C=O) groups is 2. The molecule has 2 aromatic rings. The second kappa shape index (κ2) is 12.6. The van der Waals surface area contributed by atoms with Crippen LogP contribution in [0.15, 0.2) is 36.4 Å². The van der Waals surface area contributed by atoms with Gasteiger partial charge < -0.3 is 24.3 Å². The molecule has 2 aromatic carbocycles. The number of benzene rings is 2. The van der Waals surface area contributed by atoms with Gasteiger partial charge in [-0.2, -0.15) is 0 Å². The summed E-state index contributed by atoms with van der Waals surface area (Å²) in [5, 5.41) is 3.13. The summed E-state index contributed by atoms with van der Waals surface area (Å²) in [6.45, 7) is 2.72. The molecule has 10 nitrogen and oxygen atoms in total. The minimum Gasteiger partial charge on any atom is -0.493 e. The van der Waals surface area contributed by atoms with Gasteiger partial charge in [-0.1, -0.05) is 0 Å². The van der Waals surface area contributed by atoms with Crippen molar-refractivity contribution in [1.82, 2.24) is 10.2 Å². The predicted octanol–water partition coefficient (Wildman–Crippen LogP) is 2.26. The maximum Gasteiger partial charge on any atom is 0.176 e. The highest BCUT2D eigenvalue weighted by atomic mass is 32.2. The van der Waals surface area contributed by atoms with Gasteiger partial charge in [-0.3, -0.25) is 14.5 Å². The molecule has 0 unspecified atom stereocenters. The molecule has 1 saturated heterocycles. The number of carbonyl (C=O) groups excluding carboxylic acids is 2. The maximum atomic E-state index is 13.2. The van der Waals surface area contributed by atoms with E-state index in [1.165, 1.54) is 28.4 Å². The molecule has 208 valence electrons. The van der Waals surface area contributed by atoms with Gasteiger partial charge in [0.05, 0.1) is 53.0 Å². The molecular weight excluding hydrogens is 512 g/mol. The number of rotatable bonds is 14. The van der Waals surface area contributed by atoms with Crippen LogP contribution in [-0.4, -0.2) is 96.5 Å². The highest BCUT2D eigenvalue weighted by Crippen LogP contribution is 2.31. The molecule has 0 aliphatic carbocycles. The molecule has 1 N–H and O–H groups in total. The Labute approximate surface area is 224 Å². The molecule has 0 radical (unpaired) electrons. The third kappa shape index (κ3) is 7.03. The summed E-state index contributed by atoms with van der Waals surface area (Å²) in [6.07, 6.45) is 0.430. The fraction of sp³-hybridized carbons (Fsp3) is 0.481. The second-order valence-corrected chi connectivity index (χ2v) is 11.6. The van der Waals surface area contributed by atoms with Crippen molar-refractivity contribution >= 4 is 21.4 Å². The summed E-state index contributed by atoms with van der Waals surface area (Å²) >= 11 is 0. The van der Waals surface area contributed by atoms with Gasteiger partial charge in [0.2, 0.25) is 0 Å². The van der Waals surface area contributed by atoms with E-state index in [0.717, 1.165) is 0 Å². The Kier molecular flexibility index (Phi) is 9.75. The first-order chi connectivity index (χ1) is 18.1. The molecule has 1 atom stereocenters. The first-order valence-electron chi connectivity index (χ1n) is 12.2. The van der Waals surface area contributed by atoms with Crippen LogP contribution < -0.4 is 24.3 Å². The van der Waals surface area contributed by atoms with Crippen LogP contribution in [0.25, 0.3) is 0 Å². The highest BCUT2D eigenvalue weighted by Gasteiger charge is 2.43. The molecule has 1 aliphatic rings. The van der Waals surface area contributed by atoms with E-state index in [2.05, 4.69) is 5.32 Å². The Bertz CT molecular complexity index is 1260. The van der Waals surface area contributed by atoms with Gasteiger partial charge in [-0.15, -0.1) is 0 Å². The third-order valence-electron chi connectivity index (χ3n) is 6.84. The van der Waals surface area contributed by atoms with Crippen molar-refractivity contribution in [2.24, 2.45) is 0 Å². The quantitative estimate of drug-likeness (QED) is 0.278. The van der Waals surface area contributed by atoms with Crippen molar-refractivity contribution in [1.29, 1.82) is 0 Å². The van der Waals surface area contributed by atoms with E-state index in [1.807, 2.05) is 11.8 Å². The number of Topliss-reactive ketones (excluding diaryl/α,β-unsaturated/α-hetero) is 2. The Morgan fingerprint density at radius 2 is 1.39 bits per heavy atom. The number of sulfone groups is 1. The van der Waals surface area contributed by atoms with E-state index in [-0.39, 0.29) is 36.2 Å². The highest BCUT2D eigenvalue weighted by molar-refractivity contribution is 7.91. The molecule has 1 fully saturated rings. The van der Waals surface area contributed by atoms with Crippen LogP contribution in [0, 0.1) is 0 Å². The number of nitrogens with one attached hydrogen (secondary N) is 1. The Morgan fingerprint density at radius 3 is 1.87 bits per heavy atom. The standard InChI is InChI=1S/C27H36N2O8S/c1-27(10-13-38(32,33)18-27)29(17-22(31)20-7-9-24(35-3)26(15-20)37-5)12-11-28-16-21(30)19-6-8-23(34-2)25(14-19)36-4/h6-9,14-15,28H,10-13,16-18H2,1-5H3/t27-/m0/s1. The van der Waals surface area contributed by atoms with E-state index in [1.54, 1.807) is 36.4 Å². The van der Waals surface area contributed by atoms with Crippen LogP contribution in [0.4, 0.5) is 0 Å². The van der Waals surface area contributed by atoms with E-state index in [0.29, 0.717) is 53.6 Å². The van der Waals surface area contributed by atoms with Gasteiger partial charge in [0.15, 0.2) is 44.4 Å². The summed E-state index contributed by atoms with van der Waals surface area (Å²) in [5.41, 5.74) is 0.221. The van der Waals surface area contributed by atoms with Crippen molar-refractivity contribution in [3.05, 3.63) is 47.5 Å². The number of methoxy groups -OCH3 is 4. The van der Waals surface area contributed by atoms with Crippen LogP contribution in [0.1, 0.15) is 34.1 Å². The van der Waals surface area contributed by atoms with E-state index < -0.39 is 15.4 Å². The van der Waals surface area contributed by atoms with Crippen molar-refractivity contribution in [2.45, 2.75) is 18.9 Å². The zero-order valence-electron chi connectivity index (χ0n) is 22.5. The minimum absolute atomic E-state index is 0.0206. The van der Waals surface area contributed by atoms with Gasteiger partial charge in [-0.25, -0.2) is 8.42 Å². The summed E-state index contributed by atoms with van der Waals surface area (Å²) in [7, 11) is 2.85. The first kappa shape index (κ1) is 29.4. The molecule has 1 heterocycles. The Morgan fingerprint density at radius 1 is 0.868 bits per heavy atom. The lowest BCUT2D eigenvalue weighted by molar-refractivity contribution is 0.0792.